The van der Waals surface area contributed by atoms with Gasteiger partial charge in [-0.15, -0.1) is 11.3 Å². The molecule has 2 heterocycles. The molecule has 3 nitrogen and oxygen atoms in total. The van der Waals surface area contributed by atoms with Crippen molar-refractivity contribution in [3.63, 3.8) is 0 Å². The van der Waals surface area contributed by atoms with E-state index in [1.54, 1.807) is 23.5 Å². The maximum Gasteiger partial charge on any atom is 0.299 e. The second-order valence-electron chi connectivity index (χ2n) is 4.07. The number of thiophene rings is 1. The van der Waals surface area contributed by atoms with Crippen molar-refractivity contribution in [2.75, 3.05) is 4.90 Å². The first-order valence-electron chi connectivity index (χ1n) is 5.46. The molecule has 0 saturated heterocycles. The average molecular weight is 401 g/mol. The van der Waals surface area contributed by atoms with Crippen molar-refractivity contribution in [1.29, 1.82) is 0 Å². The molecule has 19 heavy (non-hydrogen) atoms. The number of nitrogens with zero attached hydrogens (tertiary/aromatic N) is 1. The number of rotatable bonds is 2. The first-order chi connectivity index (χ1) is 9.09. The molecule has 1 aromatic carbocycles. The van der Waals surface area contributed by atoms with E-state index in [9.17, 15) is 9.59 Å². The molecule has 1 amide bonds. The molecule has 2 aromatic rings. The van der Waals surface area contributed by atoms with Crippen molar-refractivity contribution < 1.29 is 9.59 Å². The number of benzene rings is 1. The molecule has 0 saturated carbocycles. The molecule has 0 spiro atoms. The Kier molecular flexibility index (Phi) is 3.32. The van der Waals surface area contributed by atoms with Crippen LogP contribution in [-0.2, 0) is 11.3 Å². The molecule has 96 valence electrons. The zero-order valence-corrected chi connectivity index (χ0v) is 13.5. The topological polar surface area (TPSA) is 37.4 Å². The Hall–Kier alpha value is -0.980. The fraction of sp³-hybridized carbons (Fsp3) is 0.0769. The lowest BCUT2D eigenvalue weighted by Crippen LogP contribution is -2.29. The van der Waals surface area contributed by atoms with Crippen LogP contribution >= 0.6 is 43.2 Å². The highest BCUT2D eigenvalue weighted by atomic mass is 79.9. The summed E-state index contributed by atoms with van der Waals surface area (Å²) in [6.45, 7) is 0.401. The largest absolute Gasteiger partial charge is 0.300 e. The van der Waals surface area contributed by atoms with Crippen LogP contribution in [0.1, 0.15) is 15.9 Å². The summed E-state index contributed by atoms with van der Waals surface area (Å²) in [7, 11) is 0. The molecule has 1 aliphatic heterocycles. The molecular weight excluding hydrogens is 394 g/mol. The second-order valence-corrected chi connectivity index (χ2v) is 7.16. The van der Waals surface area contributed by atoms with Gasteiger partial charge >= 0.3 is 0 Å². The fourth-order valence-electron chi connectivity index (χ4n) is 2.06. The summed E-state index contributed by atoms with van der Waals surface area (Å²) in [5, 5.41) is 1.95. The van der Waals surface area contributed by atoms with E-state index in [1.807, 2.05) is 17.5 Å². The number of ketones is 1. The minimum Gasteiger partial charge on any atom is -0.300 e. The first kappa shape index (κ1) is 13.0. The van der Waals surface area contributed by atoms with Gasteiger partial charge in [-0.3, -0.25) is 9.59 Å². The highest BCUT2D eigenvalue weighted by Gasteiger charge is 2.37. The quantitative estimate of drug-likeness (QED) is 0.714. The van der Waals surface area contributed by atoms with E-state index in [0.29, 0.717) is 22.3 Å². The summed E-state index contributed by atoms with van der Waals surface area (Å²) in [5.41, 5.74) is 2.13. The molecule has 1 aromatic heterocycles. The third kappa shape index (κ3) is 2.07. The summed E-state index contributed by atoms with van der Waals surface area (Å²) >= 11 is 8.34. The Morgan fingerprint density at radius 3 is 2.63 bits per heavy atom. The number of amides is 1. The smallest absolute Gasteiger partial charge is 0.299 e. The van der Waals surface area contributed by atoms with Crippen LogP contribution in [0, 0.1) is 0 Å². The van der Waals surface area contributed by atoms with Gasteiger partial charge in [-0.2, -0.15) is 0 Å². The van der Waals surface area contributed by atoms with Crippen molar-refractivity contribution in [1.82, 2.24) is 0 Å². The second kappa shape index (κ2) is 4.85. The van der Waals surface area contributed by atoms with Crippen molar-refractivity contribution >= 4 is 60.6 Å². The van der Waals surface area contributed by atoms with Crippen LogP contribution in [0.2, 0.25) is 0 Å². The molecule has 0 bridgehead atoms. The number of hydrogen-bond donors (Lipinski definition) is 0. The summed E-state index contributed by atoms with van der Waals surface area (Å²) < 4.78 is 1.64. The summed E-state index contributed by atoms with van der Waals surface area (Å²) in [6.07, 6.45) is 0. The predicted octanol–water partition coefficient (Wildman–Crippen LogP) is 4.00. The fourth-order valence-corrected chi connectivity index (χ4v) is 3.81. The van der Waals surface area contributed by atoms with Crippen molar-refractivity contribution in [2.24, 2.45) is 0 Å². The molecule has 1 aliphatic rings. The lowest BCUT2D eigenvalue weighted by molar-refractivity contribution is -0.114. The summed E-state index contributed by atoms with van der Waals surface area (Å²) in [4.78, 5) is 25.6. The summed E-state index contributed by atoms with van der Waals surface area (Å²) in [5.74, 6) is -0.922. The van der Waals surface area contributed by atoms with E-state index in [2.05, 4.69) is 31.9 Å². The minimum absolute atomic E-state index is 0.401. The number of carbonyl (C=O) groups is 2. The van der Waals surface area contributed by atoms with Gasteiger partial charge in [0.2, 0.25) is 0 Å². The van der Waals surface area contributed by atoms with Gasteiger partial charge in [0.15, 0.2) is 0 Å². The van der Waals surface area contributed by atoms with E-state index < -0.39 is 11.7 Å². The number of halogens is 2. The van der Waals surface area contributed by atoms with Gasteiger partial charge in [-0.05, 0) is 61.0 Å². The standard InChI is InChI=1S/C13H7Br2NO2S/c14-8-2-1-3-9-10(8)11(17)13(18)16(9)6-7-4-5-19-12(7)15/h1-5H,6H2. The highest BCUT2D eigenvalue weighted by molar-refractivity contribution is 9.11. The highest BCUT2D eigenvalue weighted by Crippen LogP contribution is 2.36. The van der Waals surface area contributed by atoms with Crippen LogP contribution in [-0.4, -0.2) is 11.7 Å². The van der Waals surface area contributed by atoms with E-state index in [4.69, 9.17) is 0 Å². The predicted molar refractivity (Wildman–Crippen MR) is 81.7 cm³/mol. The van der Waals surface area contributed by atoms with Crippen LogP contribution in [0.15, 0.2) is 37.9 Å². The molecule has 0 aliphatic carbocycles. The van der Waals surface area contributed by atoms with Crippen molar-refractivity contribution in [3.8, 4) is 0 Å². The van der Waals surface area contributed by atoms with Crippen molar-refractivity contribution in [2.45, 2.75) is 6.54 Å². The number of anilines is 1. The van der Waals surface area contributed by atoms with Gasteiger partial charge in [0, 0.05) is 4.47 Å². The van der Waals surface area contributed by atoms with Gasteiger partial charge in [0.1, 0.15) is 0 Å². The van der Waals surface area contributed by atoms with Gasteiger partial charge < -0.3 is 4.90 Å². The lowest BCUT2D eigenvalue weighted by atomic mass is 10.1. The first-order valence-corrected chi connectivity index (χ1v) is 7.92. The monoisotopic (exact) mass is 399 g/mol. The van der Waals surface area contributed by atoms with E-state index >= 15 is 0 Å². The maximum atomic E-state index is 12.1. The SMILES string of the molecule is O=C1C(=O)N(Cc2ccsc2Br)c2cccc(Br)c21. The molecule has 0 radical (unpaired) electrons. The minimum atomic E-state index is -0.472. The third-order valence-electron chi connectivity index (χ3n) is 2.97. The Bertz CT molecular complexity index is 696. The normalized spacial score (nSPS) is 14.1. The van der Waals surface area contributed by atoms with Crippen LogP contribution in [0.25, 0.3) is 0 Å². The number of fused-ring (bicyclic) bond motifs is 1. The van der Waals surface area contributed by atoms with Gasteiger partial charge in [-0.1, -0.05) is 6.07 Å². The van der Waals surface area contributed by atoms with Gasteiger partial charge in [0.25, 0.3) is 11.7 Å². The average Bonchev–Trinajstić information content (AvgIpc) is 2.89. The zero-order chi connectivity index (χ0) is 13.6. The van der Waals surface area contributed by atoms with Crippen molar-refractivity contribution in [3.05, 3.63) is 49.0 Å². The number of hydrogen-bond acceptors (Lipinski definition) is 3. The lowest BCUT2D eigenvalue weighted by Gasteiger charge is -2.16. The Labute approximate surface area is 130 Å². The van der Waals surface area contributed by atoms with Crippen LogP contribution in [0.4, 0.5) is 5.69 Å². The summed E-state index contributed by atoms with van der Waals surface area (Å²) in [6, 6.07) is 7.34. The Morgan fingerprint density at radius 1 is 1.16 bits per heavy atom. The molecular formula is C13H7Br2NO2S. The molecule has 0 atom stereocenters. The van der Waals surface area contributed by atoms with Crippen LogP contribution in [0.3, 0.4) is 0 Å². The molecule has 6 heteroatoms. The molecule has 3 rings (SSSR count). The van der Waals surface area contributed by atoms with Gasteiger partial charge in [0.05, 0.1) is 21.6 Å². The van der Waals surface area contributed by atoms with E-state index in [1.165, 1.54) is 4.90 Å². The van der Waals surface area contributed by atoms with Crippen LogP contribution < -0.4 is 4.90 Å². The molecule has 0 fully saturated rings. The third-order valence-corrected chi connectivity index (χ3v) is 5.44. The zero-order valence-electron chi connectivity index (χ0n) is 9.52. The van der Waals surface area contributed by atoms with Gasteiger partial charge in [-0.25, -0.2) is 0 Å². The number of carbonyl (C=O) groups excluding carboxylic acids is 2. The van der Waals surface area contributed by atoms with E-state index in [0.717, 1.165) is 9.35 Å². The van der Waals surface area contributed by atoms with E-state index in [-0.39, 0.29) is 0 Å². The van der Waals surface area contributed by atoms with Crippen LogP contribution in [0.5, 0.6) is 0 Å². The molecule has 0 unspecified atom stereocenters. The number of Topliss-reactive ketones (excluding diaryl/α,β-unsaturated/α-hetero) is 1. The Balaban J connectivity index is 2.05. The molecule has 0 N–H and O–H groups in total. The Morgan fingerprint density at radius 2 is 1.95 bits per heavy atom. The maximum absolute atomic E-state index is 12.1.